The molecule has 0 saturated carbocycles. The molecule has 40 heavy (non-hydrogen) atoms. The number of fused-ring (bicyclic) bond motifs is 1. The highest BCUT2D eigenvalue weighted by Gasteiger charge is 2.24. The highest BCUT2D eigenvalue weighted by molar-refractivity contribution is 7.15. The molecule has 0 fully saturated rings. The van der Waals surface area contributed by atoms with Gasteiger partial charge < -0.3 is 15.0 Å². The van der Waals surface area contributed by atoms with Crippen molar-refractivity contribution in [1.82, 2.24) is 24.6 Å². The molecule has 11 heteroatoms. The van der Waals surface area contributed by atoms with Crippen LogP contribution >= 0.6 is 22.9 Å². The van der Waals surface area contributed by atoms with Crippen LogP contribution in [0.3, 0.4) is 0 Å². The average molecular weight is 576 g/mol. The van der Waals surface area contributed by atoms with Gasteiger partial charge in [-0.05, 0) is 43.7 Å². The van der Waals surface area contributed by atoms with Crippen molar-refractivity contribution in [3.05, 3.63) is 99.0 Å². The van der Waals surface area contributed by atoms with Crippen molar-refractivity contribution >= 4 is 51.5 Å². The number of aliphatic carboxylic acids is 1. The zero-order valence-electron chi connectivity index (χ0n) is 21.8. The second kappa shape index (κ2) is 11.4. The highest BCUT2D eigenvalue weighted by atomic mass is 35.5. The van der Waals surface area contributed by atoms with Crippen molar-refractivity contribution in [1.29, 1.82) is 0 Å². The van der Waals surface area contributed by atoms with E-state index in [1.165, 1.54) is 11.3 Å². The minimum absolute atomic E-state index is 0.0409. The monoisotopic (exact) mass is 575 g/mol. The first-order chi connectivity index (χ1) is 19.3. The van der Waals surface area contributed by atoms with Crippen LogP contribution in [0.25, 0.3) is 15.9 Å². The number of hydrogen-bond donors (Lipinski definition) is 2. The third-order valence-corrected chi connectivity index (χ3v) is 8.16. The van der Waals surface area contributed by atoms with Crippen molar-refractivity contribution in [3.63, 3.8) is 0 Å². The maximum Gasteiger partial charge on any atom is 0.305 e. The third-order valence-electron chi connectivity index (χ3n) is 6.57. The lowest BCUT2D eigenvalue weighted by Gasteiger charge is -2.12. The van der Waals surface area contributed by atoms with E-state index in [1.807, 2.05) is 37.3 Å². The lowest BCUT2D eigenvalue weighted by molar-refractivity contribution is -0.137. The number of benzene rings is 2. The summed E-state index contributed by atoms with van der Waals surface area (Å²) in [6, 6.07) is 18.0. The largest absolute Gasteiger partial charge is 0.481 e. The molecule has 1 amide bonds. The molecule has 9 nitrogen and oxygen atoms in total. The predicted octanol–water partition coefficient (Wildman–Crippen LogP) is 5.44. The van der Waals surface area contributed by atoms with Crippen LogP contribution in [0.2, 0.25) is 5.02 Å². The van der Waals surface area contributed by atoms with E-state index in [1.54, 1.807) is 46.4 Å². The molecule has 0 aliphatic carbocycles. The van der Waals surface area contributed by atoms with Crippen molar-refractivity contribution in [3.8, 4) is 5.00 Å². The minimum Gasteiger partial charge on any atom is -0.481 e. The number of hydrogen-bond acceptors (Lipinski definition) is 6. The first kappa shape index (κ1) is 27.3. The second-order valence-electron chi connectivity index (χ2n) is 9.16. The van der Waals surface area contributed by atoms with Gasteiger partial charge in [-0.15, -0.1) is 21.5 Å². The molecule has 2 aromatic carbocycles. The van der Waals surface area contributed by atoms with Crippen LogP contribution < -0.4 is 5.32 Å². The van der Waals surface area contributed by atoms with Gasteiger partial charge in [-0.2, -0.15) is 0 Å². The number of halogens is 1. The van der Waals surface area contributed by atoms with Gasteiger partial charge in [-0.1, -0.05) is 48.9 Å². The van der Waals surface area contributed by atoms with Gasteiger partial charge in [0.2, 0.25) is 0 Å². The molecular weight excluding hydrogens is 550 g/mol. The fraction of sp³-hybridized carbons (Fsp3) is 0.207. The fourth-order valence-corrected chi connectivity index (χ4v) is 5.99. The van der Waals surface area contributed by atoms with Crippen LogP contribution in [0, 0.1) is 6.92 Å². The Hall–Kier alpha value is -4.28. The van der Waals surface area contributed by atoms with Crippen LogP contribution in [0.15, 0.2) is 60.7 Å². The molecule has 0 saturated heterocycles. The standard InChI is InChI=1S/C29H26ClN5O4S/c1-3-19-15-21(27(38)20-9-5-6-10-22(20)30)29(40-19)35-17(2)32-33-25(35)16-31-28(39)24-14-18-8-4-7-11-23(18)34(24)13-12-26(36)37/h4-11,14-15H,3,12-13,16H2,1-2H3,(H,31,39)(H,36,37). The smallest absolute Gasteiger partial charge is 0.305 e. The number of amides is 1. The molecule has 0 unspecified atom stereocenters. The molecule has 0 aliphatic rings. The van der Waals surface area contributed by atoms with E-state index < -0.39 is 5.97 Å². The van der Waals surface area contributed by atoms with Crippen molar-refractivity contribution in [2.24, 2.45) is 0 Å². The zero-order valence-corrected chi connectivity index (χ0v) is 23.4. The average Bonchev–Trinajstić information content (AvgIpc) is 3.64. The van der Waals surface area contributed by atoms with E-state index in [9.17, 15) is 19.5 Å². The van der Waals surface area contributed by atoms with Crippen LogP contribution in [-0.2, 0) is 24.3 Å². The van der Waals surface area contributed by atoms with E-state index in [0.29, 0.717) is 38.5 Å². The van der Waals surface area contributed by atoms with Crippen molar-refractivity contribution in [2.45, 2.75) is 39.8 Å². The van der Waals surface area contributed by atoms with Crippen molar-refractivity contribution in [2.75, 3.05) is 0 Å². The number of thiophene rings is 1. The summed E-state index contributed by atoms with van der Waals surface area (Å²) in [5.74, 6) is -0.504. The molecule has 0 aliphatic heterocycles. The van der Waals surface area contributed by atoms with Gasteiger partial charge in [0.1, 0.15) is 16.5 Å². The molecule has 5 rings (SSSR count). The first-order valence-corrected chi connectivity index (χ1v) is 13.9. The molecular formula is C29H26ClN5O4S. The Bertz CT molecular complexity index is 1750. The van der Waals surface area contributed by atoms with Gasteiger partial charge in [0.15, 0.2) is 11.6 Å². The Labute approximate surface area is 239 Å². The van der Waals surface area contributed by atoms with Gasteiger partial charge in [-0.25, -0.2) is 0 Å². The van der Waals surface area contributed by atoms with E-state index >= 15 is 0 Å². The Kier molecular flexibility index (Phi) is 7.81. The van der Waals surface area contributed by atoms with Crippen LogP contribution in [0.1, 0.15) is 56.3 Å². The maximum absolute atomic E-state index is 13.6. The summed E-state index contributed by atoms with van der Waals surface area (Å²) < 4.78 is 3.50. The summed E-state index contributed by atoms with van der Waals surface area (Å²) in [5.41, 5.74) is 2.02. The molecule has 0 radical (unpaired) electrons. The van der Waals surface area contributed by atoms with Gasteiger partial charge in [0.25, 0.3) is 5.91 Å². The Morgan fingerprint density at radius 3 is 2.52 bits per heavy atom. The summed E-state index contributed by atoms with van der Waals surface area (Å²) in [4.78, 5) is 39.2. The molecule has 5 aromatic rings. The van der Waals surface area contributed by atoms with Gasteiger partial charge in [-0.3, -0.25) is 19.0 Å². The number of ketones is 1. The maximum atomic E-state index is 13.6. The summed E-state index contributed by atoms with van der Waals surface area (Å²) >= 11 is 7.81. The van der Waals surface area contributed by atoms with E-state index in [-0.39, 0.29) is 31.2 Å². The highest BCUT2D eigenvalue weighted by Crippen LogP contribution is 2.32. The lowest BCUT2D eigenvalue weighted by Crippen LogP contribution is -2.27. The van der Waals surface area contributed by atoms with E-state index in [2.05, 4.69) is 15.5 Å². The van der Waals surface area contributed by atoms with Crippen molar-refractivity contribution < 1.29 is 19.5 Å². The number of nitrogens with one attached hydrogen (secondary N) is 1. The fourth-order valence-electron chi connectivity index (χ4n) is 4.61. The zero-order chi connectivity index (χ0) is 28.4. The SMILES string of the molecule is CCc1cc(C(=O)c2ccccc2Cl)c(-n2c(C)nnc2CNC(=O)c2cc3ccccc3n2CCC(=O)O)s1. The predicted molar refractivity (Wildman–Crippen MR) is 154 cm³/mol. The Morgan fingerprint density at radius 1 is 1.02 bits per heavy atom. The first-order valence-electron chi connectivity index (χ1n) is 12.7. The van der Waals surface area contributed by atoms with Crippen LogP contribution in [0.4, 0.5) is 0 Å². The summed E-state index contributed by atoms with van der Waals surface area (Å²) in [6.45, 7) is 4.00. The Balaban J connectivity index is 1.46. The molecule has 204 valence electrons. The molecule has 3 aromatic heterocycles. The summed E-state index contributed by atoms with van der Waals surface area (Å²) in [5, 5.41) is 22.5. The number of aryl methyl sites for hydroxylation is 3. The Morgan fingerprint density at radius 2 is 1.77 bits per heavy atom. The normalized spacial score (nSPS) is 11.2. The molecule has 0 bridgehead atoms. The quantitative estimate of drug-likeness (QED) is 0.214. The molecule has 3 heterocycles. The molecule has 0 atom stereocenters. The van der Waals surface area contributed by atoms with Gasteiger partial charge in [0, 0.05) is 27.9 Å². The lowest BCUT2D eigenvalue weighted by atomic mass is 10.0. The number of aromatic nitrogens is 4. The summed E-state index contributed by atoms with van der Waals surface area (Å²) in [7, 11) is 0. The topological polar surface area (TPSA) is 119 Å². The molecule has 0 spiro atoms. The second-order valence-corrected chi connectivity index (χ2v) is 10.7. The summed E-state index contributed by atoms with van der Waals surface area (Å²) in [6.07, 6.45) is 0.619. The van der Waals surface area contributed by atoms with Gasteiger partial charge in [0.05, 0.1) is 23.6 Å². The van der Waals surface area contributed by atoms with E-state index in [4.69, 9.17) is 11.6 Å². The molecule has 2 N–H and O–H groups in total. The number of carboxylic acids is 1. The third kappa shape index (κ3) is 5.28. The number of rotatable bonds is 10. The van der Waals surface area contributed by atoms with Gasteiger partial charge >= 0.3 is 5.97 Å². The minimum atomic E-state index is -0.947. The number of carboxylic acid groups (broad SMARTS) is 1. The van der Waals surface area contributed by atoms with E-state index in [0.717, 1.165) is 22.2 Å². The number of nitrogens with zero attached hydrogens (tertiary/aromatic N) is 4. The number of carbonyl (C=O) groups is 3. The van der Waals surface area contributed by atoms with Crippen LogP contribution in [-0.4, -0.2) is 42.1 Å². The van der Waals surface area contributed by atoms with Crippen LogP contribution in [0.5, 0.6) is 0 Å². The number of para-hydroxylation sites is 1. The number of carbonyl (C=O) groups excluding carboxylic acids is 2.